The number of hydrogen-bond donors (Lipinski definition) is 2. The molecule has 3 aliphatic heterocycles. The highest BCUT2D eigenvalue weighted by atomic mass is 35.5. The highest BCUT2D eigenvalue weighted by Crippen LogP contribution is 2.44. The smallest absolute Gasteiger partial charge is 0.319 e. The number of halogens is 4. The van der Waals surface area contributed by atoms with Crippen LogP contribution in [0.1, 0.15) is 32.1 Å². The zero-order chi connectivity index (χ0) is 30.8. The molecule has 0 spiro atoms. The summed E-state index contributed by atoms with van der Waals surface area (Å²) in [7, 11) is 0. The van der Waals surface area contributed by atoms with Gasteiger partial charge in [0.25, 0.3) is 0 Å². The van der Waals surface area contributed by atoms with Gasteiger partial charge in [-0.1, -0.05) is 17.7 Å². The first-order chi connectivity index (χ1) is 21.8. The number of nitrogens with zero attached hydrogens (tertiary/aromatic N) is 4. The maximum Gasteiger partial charge on any atom is 0.319 e. The lowest BCUT2D eigenvalue weighted by Crippen LogP contribution is -2.57. The predicted molar refractivity (Wildman–Crippen MR) is 166 cm³/mol. The molecular formula is C33H33ClF3N5O3. The third-order valence-electron chi connectivity index (χ3n) is 9.80. The van der Waals surface area contributed by atoms with Crippen LogP contribution in [0.15, 0.2) is 30.3 Å². The van der Waals surface area contributed by atoms with Gasteiger partial charge in [0.15, 0.2) is 17.5 Å². The van der Waals surface area contributed by atoms with Gasteiger partial charge in [-0.25, -0.2) is 13.2 Å². The van der Waals surface area contributed by atoms with Gasteiger partial charge in [-0.15, -0.1) is 0 Å². The highest BCUT2D eigenvalue weighted by Gasteiger charge is 2.39. The maximum absolute atomic E-state index is 16.7. The number of benzene rings is 3. The minimum Gasteiger partial charge on any atom is -0.508 e. The summed E-state index contributed by atoms with van der Waals surface area (Å²) >= 11 is 6.74. The molecule has 0 radical (unpaired) electrons. The van der Waals surface area contributed by atoms with Crippen LogP contribution in [0, 0.1) is 17.5 Å². The van der Waals surface area contributed by atoms with Crippen LogP contribution in [0.3, 0.4) is 0 Å². The Hall–Kier alpha value is -3.38. The van der Waals surface area contributed by atoms with Crippen molar-refractivity contribution in [2.24, 2.45) is 0 Å². The average molecular weight is 640 g/mol. The first-order valence-electron chi connectivity index (χ1n) is 15.6. The summed E-state index contributed by atoms with van der Waals surface area (Å²) in [6.45, 7) is 4.20. The Labute approximate surface area is 263 Å². The summed E-state index contributed by atoms with van der Waals surface area (Å²) in [6.07, 6.45) is 5.41. The number of aromatic hydroxyl groups is 1. The lowest BCUT2D eigenvalue weighted by Gasteiger charge is -2.48. The number of phenols is 1. The Morgan fingerprint density at radius 3 is 2.62 bits per heavy atom. The van der Waals surface area contributed by atoms with E-state index in [0.717, 1.165) is 57.9 Å². The first kappa shape index (κ1) is 29.1. The quantitative estimate of drug-likeness (QED) is 0.246. The topological polar surface area (TPSA) is 83.0 Å². The predicted octanol–water partition coefficient (Wildman–Crippen LogP) is 5.80. The molecule has 3 aromatic carbocycles. The molecular weight excluding hydrogens is 607 g/mol. The fraction of sp³-hybridized carbons (Fsp3) is 0.455. The molecule has 1 aromatic heterocycles. The summed E-state index contributed by atoms with van der Waals surface area (Å²) < 4.78 is 58.2. The lowest BCUT2D eigenvalue weighted by molar-refractivity contribution is -0.121. The number of ether oxygens (including phenoxy) is 2. The number of hydrogen-bond acceptors (Lipinski definition) is 8. The van der Waals surface area contributed by atoms with Crippen molar-refractivity contribution < 1.29 is 27.8 Å². The molecule has 236 valence electrons. The summed E-state index contributed by atoms with van der Waals surface area (Å²) in [4.78, 5) is 13.8. The van der Waals surface area contributed by atoms with Crippen LogP contribution in [-0.4, -0.2) is 83.6 Å². The Morgan fingerprint density at radius 2 is 1.84 bits per heavy atom. The molecule has 4 unspecified atom stereocenters. The monoisotopic (exact) mass is 639 g/mol. The molecule has 0 amide bonds. The van der Waals surface area contributed by atoms with E-state index in [1.54, 1.807) is 6.07 Å². The van der Waals surface area contributed by atoms with Crippen LogP contribution in [0.25, 0.3) is 32.8 Å². The number of anilines is 1. The largest absolute Gasteiger partial charge is 0.508 e. The minimum atomic E-state index is -1.16. The number of aromatic nitrogens is 2. The van der Waals surface area contributed by atoms with Gasteiger partial charge in [-0.2, -0.15) is 9.97 Å². The molecule has 2 bridgehead atoms. The molecule has 8 nitrogen and oxygen atoms in total. The number of fused-ring (bicyclic) bond motifs is 5. The molecule has 4 aromatic rings. The van der Waals surface area contributed by atoms with Crippen LogP contribution >= 0.6 is 11.6 Å². The number of piperazine rings is 1. The van der Waals surface area contributed by atoms with E-state index in [1.165, 1.54) is 18.2 Å². The molecule has 2 N–H and O–H groups in total. The SMILES string of the molecule is Oc1cc(-c2c(Cl)cc3c(N4CC5CCC(C4)N5)nc(OCCCN4CCOC5CCC54)nc3c2F)c2c(F)c(F)ccc2c1. The van der Waals surface area contributed by atoms with Crippen LogP contribution < -0.4 is 15.0 Å². The second-order valence-corrected chi connectivity index (χ2v) is 13.0. The molecule has 4 atom stereocenters. The second kappa shape index (κ2) is 11.5. The zero-order valence-electron chi connectivity index (χ0n) is 24.5. The third kappa shape index (κ3) is 5.14. The number of rotatable bonds is 7. The van der Waals surface area contributed by atoms with Crippen molar-refractivity contribution >= 4 is 39.1 Å². The van der Waals surface area contributed by atoms with Crippen molar-refractivity contribution in [3.8, 4) is 22.9 Å². The summed E-state index contributed by atoms with van der Waals surface area (Å²) in [6, 6.07) is 7.43. The van der Waals surface area contributed by atoms with E-state index in [1.807, 2.05) is 0 Å². The van der Waals surface area contributed by atoms with Crippen LogP contribution in [-0.2, 0) is 4.74 Å². The van der Waals surface area contributed by atoms with Crippen molar-refractivity contribution in [3.05, 3.63) is 52.8 Å². The van der Waals surface area contributed by atoms with E-state index >= 15 is 8.78 Å². The van der Waals surface area contributed by atoms with Gasteiger partial charge in [-0.05, 0) is 61.8 Å². The van der Waals surface area contributed by atoms with Gasteiger partial charge < -0.3 is 24.8 Å². The molecule has 1 saturated carbocycles. The minimum absolute atomic E-state index is 0.0352. The summed E-state index contributed by atoms with van der Waals surface area (Å²) in [5.41, 5.74) is -0.305. The molecule has 45 heavy (non-hydrogen) atoms. The standard InChI is InChI=1S/C33H33ClF3N5O3/c34-23-14-22-31(30(37)28(23)21-13-20(43)12-17-2-5-24(35)29(36)27(17)21)39-33(40-32(22)42-15-18-3-4-19(16-42)38-18)45-10-1-8-41-9-11-44-26-7-6-25(26)41/h2,5,12-14,18-19,25-26,38,43H,1,3-4,6-11,15-16H2. The molecule has 3 saturated heterocycles. The van der Waals surface area contributed by atoms with Crippen molar-refractivity contribution in [2.75, 3.05) is 44.3 Å². The van der Waals surface area contributed by atoms with Crippen LogP contribution in [0.4, 0.5) is 19.0 Å². The van der Waals surface area contributed by atoms with E-state index in [0.29, 0.717) is 43.0 Å². The van der Waals surface area contributed by atoms with Crippen molar-refractivity contribution in [1.29, 1.82) is 0 Å². The zero-order valence-corrected chi connectivity index (χ0v) is 25.3. The maximum atomic E-state index is 16.7. The van der Waals surface area contributed by atoms with Gasteiger partial charge in [0.2, 0.25) is 0 Å². The van der Waals surface area contributed by atoms with Crippen molar-refractivity contribution in [3.63, 3.8) is 0 Å². The number of nitrogens with one attached hydrogen (secondary N) is 1. The Bertz CT molecular complexity index is 1800. The Kier molecular flexibility index (Phi) is 7.39. The highest BCUT2D eigenvalue weighted by molar-refractivity contribution is 6.35. The molecule has 8 rings (SSSR count). The Morgan fingerprint density at radius 1 is 1.02 bits per heavy atom. The Balaban J connectivity index is 1.19. The lowest BCUT2D eigenvalue weighted by atomic mass is 9.86. The number of phenolic OH excluding ortho intramolecular Hbond substituents is 1. The van der Waals surface area contributed by atoms with Gasteiger partial charge in [0.1, 0.15) is 17.1 Å². The van der Waals surface area contributed by atoms with Crippen LogP contribution in [0.5, 0.6) is 11.8 Å². The van der Waals surface area contributed by atoms with E-state index in [2.05, 4.69) is 20.1 Å². The average Bonchev–Trinajstić information content (AvgIpc) is 3.34. The van der Waals surface area contributed by atoms with Gasteiger partial charge in [0.05, 0.1) is 24.3 Å². The molecule has 4 aliphatic rings. The molecule has 4 fully saturated rings. The first-order valence-corrected chi connectivity index (χ1v) is 16.0. The van der Waals surface area contributed by atoms with Gasteiger partial charge in [-0.3, -0.25) is 4.90 Å². The van der Waals surface area contributed by atoms with Crippen LogP contribution in [0.2, 0.25) is 5.02 Å². The summed E-state index contributed by atoms with van der Waals surface area (Å²) in [5, 5.41) is 14.4. The van der Waals surface area contributed by atoms with Crippen molar-refractivity contribution in [1.82, 2.24) is 20.2 Å². The van der Waals surface area contributed by atoms with Gasteiger partial charge in [0, 0.05) is 66.2 Å². The molecule has 1 aliphatic carbocycles. The normalized spacial score (nSPS) is 24.7. The van der Waals surface area contributed by atoms with Gasteiger partial charge >= 0.3 is 6.01 Å². The second-order valence-electron chi connectivity index (χ2n) is 12.6. The van der Waals surface area contributed by atoms with E-state index in [4.69, 9.17) is 26.1 Å². The van der Waals surface area contributed by atoms with Crippen molar-refractivity contribution in [2.45, 2.75) is 56.3 Å². The number of morpholine rings is 1. The molecule has 12 heteroatoms. The fourth-order valence-electron chi connectivity index (χ4n) is 7.52. The fourth-order valence-corrected chi connectivity index (χ4v) is 7.81. The summed E-state index contributed by atoms with van der Waals surface area (Å²) in [5.74, 6) is -2.80. The van der Waals surface area contributed by atoms with E-state index in [9.17, 15) is 9.50 Å². The molecule has 4 heterocycles. The van der Waals surface area contributed by atoms with E-state index in [-0.39, 0.29) is 56.3 Å². The van der Waals surface area contributed by atoms with E-state index < -0.39 is 17.5 Å². The third-order valence-corrected chi connectivity index (χ3v) is 10.1.